The van der Waals surface area contributed by atoms with Crippen LogP contribution >= 0.6 is 36.2 Å². The number of aromatic nitrogens is 1. The van der Waals surface area contributed by atoms with E-state index in [1.807, 2.05) is 38.1 Å². The van der Waals surface area contributed by atoms with E-state index in [2.05, 4.69) is 10.3 Å². The number of carbonyl (C=O) groups excluding carboxylic acids is 1. The van der Waals surface area contributed by atoms with Gasteiger partial charge in [-0.1, -0.05) is 0 Å². The SMILES string of the molecule is CCOc1ccc(-c2nc(C)c(C(=O)NC(CN)C3CC3)s2)cc1.Cl.Cl. The first-order chi connectivity index (χ1) is 11.6. The zero-order valence-corrected chi connectivity index (χ0v) is 17.3. The number of hydrogen-bond acceptors (Lipinski definition) is 5. The molecule has 0 bridgehead atoms. The van der Waals surface area contributed by atoms with Gasteiger partial charge >= 0.3 is 0 Å². The van der Waals surface area contributed by atoms with E-state index < -0.39 is 0 Å². The lowest BCUT2D eigenvalue weighted by Gasteiger charge is -2.15. The van der Waals surface area contributed by atoms with Gasteiger partial charge in [0.2, 0.25) is 0 Å². The standard InChI is InChI=1S/C18H23N3O2S.2ClH/c1-3-23-14-8-6-13(7-9-14)18-20-11(2)16(24-18)17(22)21-15(10-19)12-4-5-12;;/h6-9,12,15H,3-5,10,19H2,1-2H3,(H,21,22);2*1H. The smallest absolute Gasteiger partial charge is 0.263 e. The molecule has 1 saturated carbocycles. The van der Waals surface area contributed by atoms with Crippen LogP contribution in [-0.2, 0) is 0 Å². The number of thiazole rings is 1. The summed E-state index contributed by atoms with van der Waals surface area (Å²) in [5, 5.41) is 3.91. The Balaban J connectivity index is 0.00000169. The summed E-state index contributed by atoms with van der Waals surface area (Å²) in [5.41, 5.74) is 7.52. The summed E-state index contributed by atoms with van der Waals surface area (Å²) < 4.78 is 5.46. The predicted molar refractivity (Wildman–Crippen MR) is 111 cm³/mol. The molecule has 3 rings (SSSR count). The monoisotopic (exact) mass is 417 g/mol. The van der Waals surface area contributed by atoms with Gasteiger partial charge in [0.1, 0.15) is 15.6 Å². The van der Waals surface area contributed by atoms with Crippen LogP contribution in [0, 0.1) is 12.8 Å². The van der Waals surface area contributed by atoms with Crippen LogP contribution in [0.1, 0.15) is 35.1 Å². The van der Waals surface area contributed by atoms with Gasteiger partial charge in [-0.25, -0.2) is 4.98 Å². The fourth-order valence-electron chi connectivity index (χ4n) is 2.69. The number of nitrogens with one attached hydrogen (secondary N) is 1. The largest absolute Gasteiger partial charge is 0.494 e. The maximum absolute atomic E-state index is 12.5. The zero-order chi connectivity index (χ0) is 17.1. The summed E-state index contributed by atoms with van der Waals surface area (Å²) in [7, 11) is 0. The van der Waals surface area contributed by atoms with Gasteiger partial charge < -0.3 is 15.8 Å². The van der Waals surface area contributed by atoms with E-state index in [1.54, 1.807) is 0 Å². The molecule has 1 unspecified atom stereocenters. The first kappa shape index (κ1) is 22.7. The molecule has 3 N–H and O–H groups in total. The number of aryl methyl sites for hydroxylation is 1. The molecule has 0 aliphatic heterocycles. The lowest BCUT2D eigenvalue weighted by molar-refractivity contribution is 0.0937. The van der Waals surface area contributed by atoms with Crippen molar-refractivity contribution >= 4 is 42.1 Å². The van der Waals surface area contributed by atoms with Crippen molar-refractivity contribution in [2.24, 2.45) is 11.7 Å². The molecule has 8 heteroatoms. The van der Waals surface area contributed by atoms with Crippen molar-refractivity contribution in [2.45, 2.75) is 32.7 Å². The molecule has 0 radical (unpaired) electrons. The molecule has 26 heavy (non-hydrogen) atoms. The number of halogens is 2. The topological polar surface area (TPSA) is 77.2 Å². The minimum absolute atomic E-state index is 0. The number of benzene rings is 1. The molecular formula is C18H25Cl2N3O2S. The molecule has 1 aliphatic rings. The maximum Gasteiger partial charge on any atom is 0.263 e. The highest BCUT2D eigenvalue weighted by molar-refractivity contribution is 7.17. The molecule has 1 fully saturated rings. The minimum Gasteiger partial charge on any atom is -0.494 e. The van der Waals surface area contributed by atoms with Gasteiger partial charge in [0.25, 0.3) is 5.91 Å². The second-order valence-corrected chi connectivity index (χ2v) is 7.04. The number of rotatable bonds is 7. The van der Waals surface area contributed by atoms with Gasteiger partial charge in [-0.3, -0.25) is 4.79 Å². The van der Waals surface area contributed by atoms with E-state index in [1.165, 1.54) is 11.3 Å². The minimum atomic E-state index is -0.0652. The van der Waals surface area contributed by atoms with Gasteiger partial charge in [0.15, 0.2) is 0 Å². The Bertz CT molecular complexity index is 718. The molecule has 1 heterocycles. The number of carbonyl (C=O) groups is 1. The molecule has 1 aromatic carbocycles. The third-order valence-corrected chi connectivity index (χ3v) is 5.38. The van der Waals surface area contributed by atoms with E-state index in [0.717, 1.165) is 34.9 Å². The summed E-state index contributed by atoms with van der Waals surface area (Å²) in [6, 6.07) is 7.86. The van der Waals surface area contributed by atoms with Crippen LogP contribution in [0.4, 0.5) is 0 Å². The first-order valence-electron chi connectivity index (χ1n) is 8.34. The van der Waals surface area contributed by atoms with E-state index in [-0.39, 0.29) is 36.8 Å². The van der Waals surface area contributed by atoms with E-state index in [4.69, 9.17) is 10.5 Å². The number of hydrogen-bond donors (Lipinski definition) is 2. The maximum atomic E-state index is 12.5. The third kappa shape index (κ3) is 5.33. The normalized spacial score (nSPS) is 14.0. The third-order valence-electron chi connectivity index (χ3n) is 4.18. The van der Waals surface area contributed by atoms with Gasteiger partial charge in [0.05, 0.1) is 12.3 Å². The Morgan fingerprint density at radius 2 is 2.00 bits per heavy atom. The van der Waals surface area contributed by atoms with Crippen molar-refractivity contribution in [1.82, 2.24) is 10.3 Å². The summed E-state index contributed by atoms with van der Waals surface area (Å²) in [6.07, 6.45) is 2.31. The first-order valence-corrected chi connectivity index (χ1v) is 9.15. The van der Waals surface area contributed by atoms with Gasteiger partial charge in [0, 0.05) is 18.2 Å². The zero-order valence-electron chi connectivity index (χ0n) is 14.9. The van der Waals surface area contributed by atoms with E-state index in [0.29, 0.717) is 23.9 Å². The highest BCUT2D eigenvalue weighted by Gasteiger charge is 2.32. The Kier molecular flexibility index (Phi) is 8.83. The lowest BCUT2D eigenvalue weighted by Crippen LogP contribution is -2.41. The highest BCUT2D eigenvalue weighted by atomic mass is 35.5. The van der Waals surface area contributed by atoms with Crippen molar-refractivity contribution in [3.8, 4) is 16.3 Å². The highest BCUT2D eigenvalue weighted by Crippen LogP contribution is 2.33. The number of nitrogens with zero attached hydrogens (tertiary/aromatic N) is 1. The number of ether oxygens (including phenoxy) is 1. The summed E-state index contributed by atoms with van der Waals surface area (Å²) in [6.45, 7) is 4.96. The summed E-state index contributed by atoms with van der Waals surface area (Å²) in [5.74, 6) is 1.31. The molecular weight excluding hydrogens is 393 g/mol. The van der Waals surface area contributed by atoms with Crippen molar-refractivity contribution in [3.05, 3.63) is 34.8 Å². The average molecular weight is 418 g/mol. The molecule has 5 nitrogen and oxygen atoms in total. The summed E-state index contributed by atoms with van der Waals surface area (Å²) in [4.78, 5) is 17.8. The van der Waals surface area contributed by atoms with Crippen LogP contribution in [0.25, 0.3) is 10.6 Å². The van der Waals surface area contributed by atoms with Crippen molar-refractivity contribution in [1.29, 1.82) is 0 Å². The number of nitrogens with two attached hydrogens (primary N) is 1. The molecule has 0 saturated heterocycles. The molecule has 1 amide bonds. The number of amides is 1. The Hall–Kier alpha value is -1.34. The van der Waals surface area contributed by atoms with Crippen molar-refractivity contribution in [2.75, 3.05) is 13.2 Å². The second kappa shape index (κ2) is 10.1. The summed E-state index contributed by atoms with van der Waals surface area (Å²) >= 11 is 1.42. The van der Waals surface area contributed by atoms with E-state index >= 15 is 0 Å². The Labute approximate surface area is 170 Å². The van der Waals surface area contributed by atoms with Crippen LogP contribution in [0.15, 0.2) is 24.3 Å². The molecule has 0 spiro atoms. The predicted octanol–water partition coefficient (Wildman–Crippen LogP) is 3.83. The Morgan fingerprint density at radius 3 is 2.54 bits per heavy atom. The Morgan fingerprint density at radius 1 is 1.35 bits per heavy atom. The van der Waals surface area contributed by atoms with Gasteiger partial charge in [-0.2, -0.15) is 0 Å². The molecule has 1 atom stereocenters. The van der Waals surface area contributed by atoms with Gasteiger partial charge in [-0.15, -0.1) is 36.2 Å². The fraction of sp³-hybridized carbons (Fsp3) is 0.444. The van der Waals surface area contributed by atoms with Crippen LogP contribution in [0.2, 0.25) is 0 Å². The van der Waals surface area contributed by atoms with Crippen LogP contribution in [0.5, 0.6) is 5.75 Å². The van der Waals surface area contributed by atoms with Crippen LogP contribution < -0.4 is 15.8 Å². The van der Waals surface area contributed by atoms with E-state index in [9.17, 15) is 4.79 Å². The van der Waals surface area contributed by atoms with Gasteiger partial charge in [-0.05, 0) is 56.9 Å². The van der Waals surface area contributed by atoms with Crippen LogP contribution in [0.3, 0.4) is 0 Å². The quantitative estimate of drug-likeness (QED) is 0.717. The molecule has 1 aliphatic carbocycles. The molecule has 2 aromatic rings. The van der Waals surface area contributed by atoms with Crippen molar-refractivity contribution in [3.63, 3.8) is 0 Å². The average Bonchev–Trinajstić information content (AvgIpc) is 3.35. The molecule has 1 aromatic heterocycles. The second-order valence-electron chi connectivity index (χ2n) is 6.04. The van der Waals surface area contributed by atoms with Crippen molar-refractivity contribution < 1.29 is 9.53 Å². The molecule has 144 valence electrons. The fourth-order valence-corrected chi connectivity index (χ4v) is 3.67. The lowest BCUT2D eigenvalue weighted by atomic mass is 10.2. The van der Waals surface area contributed by atoms with Crippen LogP contribution in [-0.4, -0.2) is 30.1 Å².